The number of phenols is 4. The van der Waals surface area contributed by atoms with Gasteiger partial charge in [-0.05, 0) is 60.7 Å². The van der Waals surface area contributed by atoms with E-state index in [-0.39, 0.29) is 21.3 Å². The van der Waals surface area contributed by atoms with Crippen LogP contribution in [-0.4, -0.2) is 32.0 Å². The van der Waals surface area contributed by atoms with Gasteiger partial charge in [0, 0.05) is 9.79 Å². The summed E-state index contributed by atoms with van der Waals surface area (Å²) >= 11 is 1.56. The van der Waals surface area contributed by atoms with E-state index in [4.69, 9.17) is 0 Å². The van der Waals surface area contributed by atoms with E-state index >= 15 is 8.78 Å². The van der Waals surface area contributed by atoms with Crippen LogP contribution < -0.4 is 0 Å². The molecule has 0 saturated heterocycles. The fourth-order valence-electron chi connectivity index (χ4n) is 3.81. The molecule has 180 valence electrons. The number of carbonyl (C=O) groups excluding carboxylic acids is 2. The van der Waals surface area contributed by atoms with Crippen LogP contribution >= 0.6 is 23.5 Å². The Balaban J connectivity index is 1.77. The fourth-order valence-corrected chi connectivity index (χ4v) is 5.82. The highest BCUT2D eigenvalue weighted by molar-refractivity contribution is 8.02. The lowest BCUT2D eigenvalue weighted by Gasteiger charge is -2.23. The van der Waals surface area contributed by atoms with Crippen molar-refractivity contribution in [3.63, 3.8) is 0 Å². The van der Waals surface area contributed by atoms with Gasteiger partial charge in [0.25, 0.3) is 0 Å². The Labute approximate surface area is 210 Å². The second-order valence-corrected chi connectivity index (χ2v) is 9.91. The Kier molecular flexibility index (Phi) is 5.85. The van der Waals surface area contributed by atoms with E-state index in [9.17, 15) is 30.0 Å². The molecule has 0 unspecified atom stereocenters. The molecule has 0 heterocycles. The highest BCUT2D eigenvalue weighted by Gasteiger charge is 2.41. The minimum Gasteiger partial charge on any atom is -0.508 e. The maximum atomic E-state index is 16.1. The van der Waals surface area contributed by atoms with E-state index in [1.165, 1.54) is 48.5 Å². The Hall–Kier alpha value is -4.02. The van der Waals surface area contributed by atoms with Crippen molar-refractivity contribution in [1.82, 2.24) is 0 Å². The molecule has 6 nitrogen and oxygen atoms in total. The number of ketones is 2. The summed E-state index contributed by atoms with van der Waals surface area (Å²) in [6, 6.07) is 13.3. The zero-order valence-electron chi connectivity index (χ0n) is 18.0. The Bertz CT molecular complexity index is 1450. The van der Waals surface area contributed by atoms with Crippen LogP contribution in [0.2, 0.25) is 0 Å². The highest BCUT2D eigenvalue weighted by atomic mass is 32.2. The molecule has 0 atom stereocenters. The van der Waals surface area contributed by atoms with Crippen molar-refractivity contribution in [2.24, 2.45) is 0 Å². The van der Waals surface area contributed by atoms with Crippen LogP contribution in [0.1, 0.15) is 31.8 Å². The molecule has 0 saturated carbocycles. The molecule has 0 bridgehead atoms. The summed E-state index contributed by atoms with van der Waals surface area (Å²) in [5.74, 6) is -6.00. The average Bonchev–Trinajstić information content (AvgIpc) is 2.85. The number of phenolic OH excluding ortho intramolecular Hbond substituents is 4. The molecule has 10 heteroatoms. The van der Waals surface area contributed by atoms with Crippen LogP contribution in [0, 0.1) is 11.6 Å². The second-order valence-electron chi connectivity index (χ2n) is 7.74. The van der Waals surface area contributed by atoms with Crippen molar-refractivity contribution in [3.05, 3.63) is 94.6 Å². The summed E-state index contributed by atoms with van der Waals surface area (Å²) in [4.78, 5) is 26.7. The molecule has 0 radical (unpaired) electrons. The van der Waals surface area contributed by atoms with Crippen molar-refractivity contribution in [3.8, 4) is 23.0 Å². The number of hydrogen-bond acceptors (Lipinski definition) is 8. The quantitative estimate of drug-likeness (QED) is 0.216. The molecule has 0 fully saturated rings. The number of aromatic hydroxyl groups is 4. The zero-order chi connectivity index (χ0) is 25.7. The molecule has 5 rings (SSSR count). The van der Waals surface area contributed by atoms with Gasteiger partial charge < -0.3 is 20.4 Å². The smallest absolute Gasteiger partial charge is 0.201 e. The van der Waals surface area contributed by atoms with Gasteiger partial charge in [0.1, 0.15) is 34.6 Å². The first kappa shape index (κ1) is 23.7. The maximum Gasteiger partial charge on any atom is 0.201 e. The van der Waals surface area contributed by atoms with E-state index in [1.807, 2.05) is 0 Å². The normalized spacial score (nSPS) is 12.4. The summed E-state index contributed by atoms with van der Waals surface area (Å²) in [5.41, 5.74) is -2.90. The summed E-state index contributed by atoms with van der Waals surface area (Å²) in [6.45, 7) is 0. The summed E-state index contributed by atoms with van der Waals surface area (Å²) in [6.07, 6.45) is 0. The molecule has 0 aromatic heterocycles. The van der Waals surface area contributed by atoms with Crippen LogP contribution in [0.5, 0.6) is 23.0 Å². The van der Waals surface area contributed by atoms with Gasteiger partial charge in [-0.25, -0.2) is 8.78 Å². The van der Waals surface area contributed by atoms with E-state index in [1.54, 1.807) is 0 Å². The van der Waals surface area contributed by atoms with E-state index < -0.39 is 57.0 Å². The largest absolute Gasteiger partial charge is 0.508 e. The Morgan fingerprint density at radius 1 is 0.500 bits per heavy atom. The van der Waals surface area contributed by atoms with Crippen molar-refractivity contribution >= 4 is 35.1 Å². The molecule has 4 aromatic carbocycles. The molecule has 36 heavy (non-hydrogen) atoms. The third kappa shape index (κ3) is 3.84. The van der Waals surface area contributed by atoms with Gasteiger partial charge in [-0.15, -0.1) is 0 Å². The minimum absolute atomic E-state index is 0.0391. The predicted octanol–water partition coefficient (Wildman–Crippen LogP) is 5.87. The molecule has 1 aliphatic carbocycles. The molecule has 1 aliphatic rings. The lowest BCUT2D eigenvalue weighted by Crippen LogP contribution is -2.25. The summed E-state index contributed by atoms with van der Waals surface area (Å²) < 4.78 is 32.1. The average molecular weight is 525 g/mol. The SMILES string of the molecule is O=C1c2c(O)ccc(O)c2C(=O)c2c(F)c(Sc3ccc(O)cc3)c(Sc3ccc(O)cc3)c(F)c21. The van der Waals surface area contributed by atoms with Crippen molar-refractivity contribution in [2.45, 2.75) is 19.6 Å². The zero-order valence-corrected chi connectivity index (χ0v) is 19.6. The monoisotopic (exact) mass is 524 g/mol. The summed E-state index contributed by atoms with van der Waals surface area (Å²) in [5, 5.41) is 39.5. The first-order chi connectivity index (χ1) is 17.2. The Morgan fingerprint density at radius 2 is 0.833 bits per heavy atom. The number of carbonyl (C=O) groups is 2. The van der Waals surface area contributed by atoms with Gasteiger partial charge in [0.2, 0.25) is 11.6 Å². The lowest BCUT2D eigenvalue weighted by atomic mass is 9.82. The number of fused-ring (bicyclic) bond motifs is 2. The highest BCUT2D eigenvalue weighted by Crippen LogP contribution is 2.48. The van der Waals surface area contributed by atoms with Gasteiger partial charge in [0.05, 0.1) is 32.0 Å². The number of rotatable bonds is 4. The van der Waals surface area contributed by atoms with Crippen molar-refractivity contribution in [2.75, 3.05) is 0 Å². The number of benzene rings is 4. The molecule has 4 N–H and O–H groups in total. The molecule has 0 spiro atoms. The lowest BCUT2D eigenvalue weighted by molar-refractivity contribution is 0.0965. The van der Waals surface area contributed by atoms with Crippen LogP contribution in [0.25, 0.3) is 0 Å². The van der Waals surface area contributed by atoms with Crippen molar-refractivity contribution < 1.29 is 38.8 Å². The standard InChI is InChI=1S/C26H14F2O6S2/c27-21-19-20(24(34)18-16(32)10-9-15(31)17(18)23(19)33)22(28)26(36-14-7-3-12(30)4-8-14)25(21)35-13-5-1-11(29)2-6-13/h1-10,29-32H. The van der Waals surface area contributed by atoms with Crippen LogP contribution in [0.4, 0.5) is 8.78 Å². The molecule has 4 aromatic rings. The van der Waals surface area contributed by atoms with E-state index in [0.717, 1.165) is 35.7 Å². The molecule has 0 amide bonds. The third-order valence-corrected chi connectivity index (χ3v) is 7.80. The first-order valence-corrected chi connectivity index (χ1v) is 11.9. The molecular weight excluding hydrogens is 510 g/mol. The van der Waals surface area contributed by atoms with Gasteiger partial charge in [-0.3, -0.25) is 9.59 Å². The molecular formula is C26H14F2O6S2. The summed E-state index contributed by atoms with van der Waals surface area (Å²) in [7, 11) is 0. The number of hydrogen-bond donors (Lipinski definition) is 4. The van der Waals surface area contributed by atoms with E-state index in [0.29, 0.717) is 9.79 Å². The van der Waals surface area contributed by atoms with Gasteiger partial charge >= 0.3 is 0 Å². The van der Waals surface area contributed by atoms with Crippen LogP contribution in [0.15, 0.2) is 80.2 Å². The fraction of sp³-hybridized carbons (Fsp3) is 0. The van der Waals surface area contributed by atoms with E-state index in [2.05, 4.69) is 0 Å². The topological polar surface area (TPSA) is 115 Å². The van der Waals surface area contributed by atoms with Gasteiger partial charge in [-0.2, -0.15) is 0 Å². The Morgan fingerprint density at radius 3 is 1.17 bits per heavy atom. The first-order valence-electron chi connectivity index (χ1n) is 10.3. The van der Waals surface area contributed by atoms with Crippen LogP contribution in [-0.2, 0) is 0 Å². The second kappa shape index (κ2) is 8.89. The van der Waals surface area contributed by atoms with Crippen LogP contribution in [0.3, 0.4) is 0 Å². The number of halogens is 2. The van der Waals surface area contributed by atoms with Gasteiger partial charge in [0.15, 0.2) is 0 Å². The minimum atomic E-state index is -1.17. The van der Waals surface area contributed by atoms with Gasteiger partial charge in [-0.1, -0.05) is 23.5 Å². The van der Waals surface area contributed by atoms with Crippen molar-refractivity contribution in [1.29, 1.82) is 0 Å². The molecule has 0 aliphatic heterocycles. The maximum absolute atomic E-state index is 16.1. The third-order valence-electron chi connectivity index (χ3n) is 5.48. The predicted molar refractivity (Wildman–Crippen MR) is 127 cm³/mol.